The van der Waals surface area contributed by atoms with Gasteiger partial charge in [0.25, 0.3) is 5.56 Å². The molecular weight excluding hydrogens is 389 g/mol. The van der Waals surface area contributed by atoms with Gasteiger partial charge in [0, 0.05) is 12.8 Å². The van der Waals surface area contributed by atoms with Crippen molar-refractivity contribution in [1.82, 2.24) is 4.57 Å². The number of pyridine rings is 1. The largest absolute Gasteiger partial charge is 0.489 e. The summed E-state index contributed by atoms with van der Waals surface area (Å²) < 4.78 is 50.6. The van der Waals surface area contributed by atoms with Crippen LogP contribution < -0.4 is 15.6 Å². The molecule has 0 spiro atoms. The van der Waals surface area contributed by atoms with Gasteiger partial charge in [-0.05, 0) is 49.6 Å². The molecule has 1 aromatic carbocycles. The van der Waals surface area contributed by atoms with Gasteiger partial charge in [0.05, 0.1) is 11.8 Å². The van der Waals surface area contributed by atoms with E-state index in [-0.39, 0.29) is 6.10 Å². The smallest absolute Gasteiger partial charge is 0.421 e. The Bertz CT molecular complexity index is 934. The summed E-state index contributed by atoms with van der Waals surface area (Å²) in [6.07, 6.45) is -1.79. The SMILES string of the molecule is Cc1ccc(NC(=O)Cn2cccc(C(F)(F)F)c2=O)c(OCC2CCCO2)c1. The molecule has 29 heavy (non-hydrogen) atoms. The van der Waals surface area contributed by atoms with E-state index in [1.54, 1.807) is 18.2 Å². The van der Waals surface area contributed by atoms with Crippen molar-refractivity contribution in [2.45, 2.75) is 38.6 Å². The average molecular weight is 410 g/mol. The molecule has 6 nitrogen and oxygen atoms in total. The number of carbonyl (C=O) groups excluding carboxylic acids is 1. The molecule has 0 bridgehead atoms. The highest BCUT2D eigenvalue weighted by molar-refractivity contribution is 5.92. The van der Waals surface area contributed by atoms with E-state index in [1.807, 2.05) is 6.92 Å². The molecule has 1 aromatic heterocycles. The molecule has 0 saturated carbocycles. The molecular formula is C20H21F3N2O4. The molecule has 1 fully saturated rings. The van der Waals surface area contributed by atoms with Crippen molar-refractivity contribution in [2.75, 3.05) is 18.5 Å². The van der Waals surface area contributed by atoms with Crippen LogP contribution in [0, 0.1) is 6.92 Å². The Balaban J connectivity index is 1.71. The van der Waals surface area contributed by atoms with E-state index < -0.39 is 29.8 Å². The van der Waals surface area contributed by atoms with E-state index >= 15 is 0 Å². The summed E-state index contributed by atoms with van der Waals surface area (Å²) in [7, 11) is 0. The van der Waals surface area contributed by atoms with Crippen molar-refractivity contribution >= 4 is 11.6 Å². The van der Waals surface area contributed by atoms with Crippen molar-refractivity contribution in [3.63, 3.8) is 0 Å². The van der Waals surface area contributed by atoms with Crippen LogP contribution in [0.1, 0.15) is 24.0 Å². The van der Waals surface area contributed by atoms with Gasteiger partial charge in [-0.1, -0.05) is 6.07 Å². The van der Waals surface area contributed by atoms with Gasteiger partial charge < -0.3 is 19.4 Å². The molecule has 1 unspecified atom stereocenters. The molecule has 1 aliphatic rings. The van der Waals surface area contributed by atoms with Crippen LogP contribution in [0.4, 0.5) is 18.9 Å². The maximum Gasteiger partial charge on any atom is 0.421 e. The minimum Gasteiger partial charge on any atom is -0.489 e. The number of benzene rings is 1. The van der Waals surface area contributed by atoms with Crippen LogP contribution >= 0.6 is 0 Å². The highest BCUT2D eigenvalue weighted by Crippen LogP contribution is 2.28. The van der Waals surface area contributed by atoms with Crippen LogP contribution in [0.3, 0.4) is 0 Å². The summed E-state index contributed by atoms with van der Waals surface area (Å²) in [5, 5.41) is 2.60. The number of ether oxygens (including phenoxy) is 2. The van der Waals surface area contributed by atoms with E-state index in [2.05, 4.69) is 5.32 Å². The summed E-state index contributed by atoms with van der Waals surface area (Å²) in [5.74, 6) is -0.206. The lowest BCUT2D eigenvalue weighted by Crippen LogP contribution is -2.32. The van der Waals surface area contributed by atoms with Gasteiger partial charge in [0.1, 0.15) is 24.5 Å². The maximum atomic E-state index is 12.9. The van der Waals surface area contributed by atoms with E-state index in [9.17, 15) is 22.8 Å². The Hall–Kier alpha value is -2.81. The second-order valence-corrected chi connectivity index (χ2v) is 6.85. The van der Waals surface area contributed by atoms with E-state index in [4.69, 9.17) is 9.47 Å². The first-order valence-corrected chi connectivity index (χ1v) is 9.15. The first-order chi connectivity index (χ1) is 13.7. The fourth-order valence-electron chi connectivity index (χ4n) is 3.03. The van der Waals surface area contributed by atoms with Crippen LogP contribution in [-0.2, 0) is 22.3 Å². The number of halogens is 3. The van der Waals surface area contributed by atoms with Gasteiger partial charge in [-0.2, -0.15) is 13.2 Å². The van der Waals surface area contributed by atoms with Crippen LogP contribution in [0.15, 0.2) is 41.3 Å². The Kier molecular flexibility index (Phi) is 6.26. The zero-order valence-electron chi connectivity index (χ0n) is 15.8. The average Bonchev–Trinajstić information content (AvgIpc) is 3.16. The predicted octanol–water partition coefficient (Wildman–Crippen LogP) is 3.37. The minimum atomic E-state index is -4.78. The van der Waals surface area contributed by atoms with E-state index in [1.165, 1.54) is 0 Å². The topological polar surface area (TPSA) is 69.6 Å². The third-order valence-electron chi connectivity index (χ3n) is 4.50. The number of aromatic nitrogens is 1. The van der Waals surface area contributed by atoms with Gasteiger partial charge in [0.2, 0.25) is 5.91 Å². The van der Waals surface area contributed by atoms with Gasteiger partial charge in [-0.15, -0.1) is 0 Å². The number of rotatable bonds is 6. The number of hydrogen-bond donors (Lipinski definition) is 1. The lowest BCUT2D eigenvalue weighted by atomic mass is 10.2. The van der Waals surface area contributed by atoms with Gasteiger partial charge in [-0.3, -0.25) is 9.59 Å². The van der Waals surface area contributed by atoms with Crippen molar-refractivity contribution in [1.29, 1.82) is 0 Å². The normalized spacial score (nSPS) is 16.6. The van der Waals surface area contributed by atoms with Crippen molar-refractivity contribution in [2.24, 2.45) is 0 Å². The zero-order chi connectivity index (χ0) is 21.0. The van der Waals surface area contributed by atoms with Crippen molar-refractivity contribution in [3.05, 3.63) is 58.0 Å². The number of carbonyl (C=O) groups is 1. The predicted molar refractivity (Wildman–Crippen MR) is 100.0 cm³/mol. The second-order valence-electron chi connectivity index (χ2n) is 6.85. The lowest BCUT2D eigenvalue weighted by molar-refractivity contribution is -0.139. The van der Waals surface area contributed by atoms with Gasteiger partial charge in [0.15, 0.2) is 0 Å². The monoisotopic (exact) mass is 410 g/mol. The fraction of sp³-hybridized carbons (Fsp3) is 0.400. The summed E-state index contributed by atoms with van der Waals surface area (Å²) in [4.78, 5) is 24.3. The molecule has 3 rings (SSSR count). The standard InChI is InChI=1S/C20H21F3N2O4/c1-13-6-7-16(17(10-13)29-12-14-4-3-9-28-14)24-18(26)11-25-8-2-5-15(19(25)27)20(21,22)23/h2,5-8,10,14H,3-4,9,11-12H2,1H3,(H,24,26). The number of aryl methyl sites for hydroxylation is 1. The molecule has 9 heteroatoms. The van der Waals surface area contributed by atoms with Gasteiger partial charge >= 0.3 is 6.18 Å². The Labute approximate surface area is 165 Å². The van der Waals surface area contributed by atoms with E-state index in [0.717, 1.165) is 35.2 Å². The number of alkyl halides is 3. The summed E-state index contributed by atoms with van der Waals surface area (Å²) >= 11 is 0. The molecule has 2 aromatic rings. The quantitative estimate of drug-likeness (QED) is 0.793. The molecule has 0 radical (unpaired) electrons. The number of nitrogens with one attached hydrogen (secondary N) is 1. The summed E-state index contributed by atoms with van der Waals surface area (Å²) in [5.41, 5.74) is -1.30. The molecule has 156 valence electrons. The van der Waals surface area contributed by atoms with Gasteiger partial charge in [-0.25, -0.2) is 0 Å². The first-order valence-electron chi connectivity index (χ1n) is 9.15. The Morgan fingerprint density at radius 3 is 2.83 bits per heavy atom. The highest BCUT2D eigenvalue weighted by atomic mass is 19.4. The number of hydrogen-bond acceptors (Lipinski definition) is 4. The zero-order valence-corrected chi connectivity index (χ0v) is 15.8. The maximum absolute atomic E-state index is 12.9. The van der Waals surface area contributed by atoms with Crippen LogP contribution in [-0.4, -0.2) is 29.8 Å². The Morgan fingerprint density at radius 2 is 2.14 bits per heavy atom. The number of nitrogens with zero attached hydrogens (tertiary/aromatic N) is 1. The molecule has 1 N–H and O–H groups in total. The first kappa shape index (κ1) is 20.9. The number of amides is 1. The Morgan fingerprint density at radius 1 is 1.34 bits per heavy atom. The summed E-state index contributed by atoms with van der Waals surface area (Å²) in [6, 6.07) is 6.94. The molecule has 1 saturated heterocycles. The highest BCUT2D eigenvalue weighted by Gasteiger charge is 2.34. The molecule has 0 aliphatic carbocycles. The third-order valence-corrected chi connectivity index (χ3v) is 4.50. The molecule has 1 atom stereocenters. The third kappa shape index (κ3) is 5.38. The lowest BCUT2D eigenvalue weighted by Gasteiger charge is -2.16. The molecule has 1 aliphatic heterocycles. The van der Waals surface area contributed by atoms with Crippen LogP contribution in [0.5, 0.6) is 5.75 Å². The van der Waals surface area contributed by atoms with Crippen molar-refractivity contribution < 1.29 is 27.4 Å². The van der Waals surface area contributed by atoms with Crippen LogP contribution in [0.2, 0.25) is 0 Å². The molecule has 2 heterocycles. The molecule has 1 amide bonds. The van der Waals surface area contributed by atoms with Crippen LogP contribution in [0.25, 0.3) is 0 Å². The second kappa shape index (κ2) is 8.69. The number of anilines is 1. The van der Waals surface area contributed by atoms with Crippen molar-refractivity contribution in [3.8, 4) is 5.75 Å². The fourth-order valence-corrected chi connectivity index (χ4v) is 3.03. The summed E-state index contributed by atoms with van der Waals surface area (Å²) in [6.45, 7) is 2.34. The minimum absolute atomic E-state index is 0.0113. The van der Waals surface area contributed by atoms with E-state index in [0.29, 0.717) is 30.7 Å².